The molecule has 4 aromatic rings. The van der Waals surface area contributed by atoms with E-state index in [1.54, 1.807) is 36.4 Å². The number of ether oxygens (including phenoxy) is 1. The van der Waals surface area contributed by atoms with Crippen LogP contribution in [-0.2, 0) is 32.6 Å². The van der Waals surface area contributed by atoms with Crippen molar-refractivity contribution in [3.63, 3.8) is 0 Å². The van der Waals surface area contributed by atoms with Crippen molar-refractivity contribution in [1.82, 2.24) is 10.2 Å². The molecule has 4 aromatic carbocycles. The average molecular weight is 642 g/mol. The third-order valence-electron chi connectivity index (χ3n) is 7.95. The van der Waals surface area contributed by atoms with Gasteiger partial charge in [0.15, 0.2) is 0 Å². The van der Waals surface area contributed by atoms with Crippen LogP contribution in [0.1, 0.15) is 42.0 Å². The second-order valence-electron chi connectivity index (χ2n) is 11.3. The number of carbonyl (C=O) groups is 2. The highest BCUT2D eigenvalue weighted by molar-refractivity contribution is 7.92. The predicted octanol–water partition coefficient (Wildman–Crippen LogP) is 6.06. The molecule has 0 aromatic heterocycles. The third-order valence-corrected chi connectivity index (χ3v) is 9.74. The van der Waals surface area contributed by atoms with E-state index in [1.807, 2.05) is 75.4 Å². The number of nitrogens with zero attached hydrogens (tertiary/aromatic N) is 2. The van der Waals surface area contributed by atoms with Crippen molar-refractivity contribution in [1.29, 1.82) is 0 Å². The van der Waals surface area contributed by atoms with Crippen LogP contribution < -0.4 is 14.4 Å². The van der Waals surface area contributed by atoms with Crippen LogP contribution in [0.5, 0.6) is 5.75 Å². The molecule has 0 saturated carbocycles. The number of hydrogen-bond acceptors (Lipinski definition) is 5. The summed E-state index contributed by atoms with van der Waals surface area (Å²) in [4.78, 5) is 30.0. The maximum atomic E-state index is 14.6. The molecule has 0 bridgehead atoms. The van der Waals surface area contributed by atoms with E-state index in [0.29, 0.717) is 18.0 Å². The largest absolute Gasteiger partial charge is 0.497 e. The van der Waals surface area contributed by atoms with E-state index in [1.165, 1.54) is 24.1 Å². The van der Waals surface area contributed by atoms with Gasteiger partial charge in [-0.05, 0) is 73.4 Å². The molecule has 0 saturated heterocycles. The first-order valence-corrected chi connectivity index (χ1v) is 17.0. The summed E-state index contributed by atoms with van der Waals surface area (Å²) in [5, 5.41) is 3.02. The third kappa shape index (κ3) is 8.75. The number of carbonyl (C=O) groups excluding carboxylic acids is 2. The lowest BCUT2D eigenvalue weighted by Crippen LogP contribution is -2.53. The van der Waals surface area contributed by atoms with E-state index in [-0.39, 0.29) is 23.8 Å². The molecule has 46 heavy (non-hydrogen) atoms. The molecule has 0 aliphatic rings. The minimum Gasteiger partial charge on any atom is -0.497 e. The topological polar surface area (TPSA) is 96.0 Å². The van der Waals surface area contributed by atoms with Gasteiger partial charge < -0.3 is 15.0 Å². The van der Waals surface area contributed by atoms with E-state index < -0.39 is 28.5 Å². The summed E-state index contributed by atoms with van der Waals surface area (Å²) in [5.74, 6) is -0.228. The van der Waals surface area contributed by atoms with E-state index in [4.69, 9.17) is 4.74 Å². The number of sulfonamides is 1. The second-order valence-corrected chi connectivity index (χ2v) is 13.2. The summed E-state index contributed by atoms with van der Waals surface area (Å²) < 4.78 is 34.8. The normalized spacial score (nSPS) is 11.8. The SMILES string of the molecule is CCCCNC(=O)C(Cc1ccccc1)N(Cc1ccccc1C)C(=O)CN(c1ccc(OC)cc1)S(=O)(=O)c1ccc(C)cc1. The number of rotatable bonds is 15. The van der Waals surface area contributed by atoms with E-state index in [2.05, 4.69) is 5.32 Å². The molecule has 4 rings (SSSR count). The van der Waals surface area contributed by atoms with Gasteiger partial charge >= 0.3 is 0 Å². The maximum absolute atomic E-state index is 14.6. The molecule has 2 amide bonds. The molecule has 1 N–H and O–H groups in total. The first kappa shape index (κ1) is 34.2. The van der Waals surface area contributed by atoms with Crippen molar-refractivity contribution in [2.45, 2.75) is 57.5 Å². The van der Waals surface area contributed by atoms with Crippen molar-refractivity contribution >= 4 is 27.5 Å². The number of nitrogens with one attached hydrogen (secondary N) is 1. The van der Waals surface area contributed by atoms with Gasteiger partial charge in [0.1, 0.15) is 18.3 Å². The second kappa shape index (κ2) is 16.1. The van der Waals surface area contributed by atoms with E-state index >= 15 is 0 Å². The van der Waals surface area contributed by atoms with E-state index in [0.717, 1.165) is 39.4 Å². The number of aryl methyl sites for hydroxylation is 2. The van der Waals surface area contributed by atoms with Crippen molar-refractivity contribution in [3.05, 3.63) is 125 Å². The average Bonchev–Trinajstić information content (AvgIpc) is 3.06. The molecule has 9 heteroatoms. The van der Waals surface area contributed by atoms with Gasteiger partial charge in [0.25, 0.3) is 10.0 Å². The maximum Gasteiger partial charge on any atom is 0.264 e. The van der Waals surface area contributed by atoms with Gasteiger partial charge in [0, 0.05) is 19.5 Å². The van der Waals surface area contributed by atoms with Crippen LogP contribution in [0.4, 0.5) is 5.69 Å². The van der Waals surface area contributed by atoms with Gasteiger partial charge in [-0.25, -0.2) is 8.42 Å². The van der Waals surface area contributed by atoms with Crippen LogP contribution in [0, 0.1) is 13.8 Å². The Kier molecular flexibility index (Phi) is 12.0. The first-order chi connectivity index (χ1) is 22.1. The van der Waals surface area contributed by atoms with Gasteiger partial charge in [-0.1, -0.05) is 85.6 Å². The Labute approximate surface area is 273 Å². The minimum absolute atomic E-state index is 0.0605. The summed E-state index contributed by atoms with van der Waals surface area (Å²) in [6, 6.07) is 29.4. The molecular formula is C37H43N3O5S. The van der Waals surface area contributed by atoms with Gasteiger partial charge in [0.05, 0.1) is 17.7 Å². The van der Waals surface area contributed by atoms with Crippen LogP contribution in [0.3, 0.4) is 0 Å². The summed E-state index contributed by atoms with van der Waals surface area (Å²) in [6.45, 7) is 5.98. The number of methoxy groups -OCH3 is 1. The Morgan fingerprint density at radius 3 is 2.13 bits per heavy atom. The van der Waals surface area contributed by atoms with Crippen LogP contribution in [0.2, 0.25) is 0 Å². The van der Waals surface area contributed by atoms with Gasteiger partial charge in [-0.3, -0.25) is 13.9 Å². The van der Waals surface area contributed by atoms with Gasteiger partial charge in [0.2, 0.25) is 11.8 Å². The summed E-state index contributed by atoms with van der Waals surface area (Å²) in [7, 11) is -2.65. The highest BCUT2D eigenvalue weighted by Gasteiger charge is 2.34. The van der Waals surface area contributed by atoms with Crippen LogP contribution in [0.15, 0.2) is 108 Å². The molecule has 0 heterocycles. The number of benzene rings is 4. The Morgan fingerprint density at radius 2 is 1.50 bits per heavy atom. The zero-order chi connectivity index (χ0) is 33.1. The van der Waals surface area contributed by atoms with E-state index in [9.17, 15) is 18.0 Å². The molecule has 1 unspecified atom stereocenters. The highest BCUT2D eigenvalue weighted by atomic mass is 32.2. The van der Waals surface area contributed by atoms with Crippen LogP contribution in [-0.4, -0.2) is 51.4 Å². The van der Waals surface area contributed by atoms with Crippen LogP contribution >= 0.6 is 0 Å². The zero-order valence-electron chi connectivity index (χ0n) is 27.0. The quantitative estimate of drug-likeness (QED) is 0.159. The fourth-order valence-electron chi connectivity index (χ4n) is 5.15. The molecule has 0 fully saturated rings. The number of unbranched alkanes of at least 4 members (excludes halogenated alkanes) is 1. The van der Waals surface area contributed by atoms with Crippen LogP contribution in [0.25, 0.3) is 0 Å². The Hall–Kier alpha value is -4.63. The summed E-state index contributed by atoms with van der Waals surface area (Å²) in [6.07, 6.45) is 1.97. The lowest BCUT2D eigenvalue weighted by molar-refractivity contribution is -0.140. The van der Waals surface area contributed by atoms with Crippen molar-refractivity contribution in [2.75, 3.05) is 24.5 Å². The fourth-order valence-corrected chi connectivity index (χ4v) is 6.56. The van der Waals surface area contributed by atoms with Gasteiger partial charge in [-0.2, -0.15) is 0 Å². The molecule has 242 valence electrons. The van der Waals surface area contributed by atoms with Crippen molar-refractivity contribution in [3.8, 4) is 5.75 Å². The molecule has 1 atom stereocenters. The zero-order valence-corrected chi connectivity index (χ0v) is 27.8. The number of anilines is 1. The molecule has 8 nitrogen and oxygen atoms in total. The molecule has 0 aliphatic heterocycles. The Morgan fingerprint density at radius 1 is 0.848 bits per heavy atom. The van der Waals surface area contributed by atoms with Crippen molar-refractivity contribution in [2.24, 2.45) is 0 Å². The Bertz CT molecular complexity index is 1690. The molecule has 0 radical (unpaired) electrons. The lowest BCUT2D eigenvalue weighted by Gasteiger charge is -2.34. The van der Waals surface area contributed by atoms with Crippen molar-refractivity contribution < 1.29 is 22.7 Å². The minimum atomic E-state index is -4.18. The number of amides is 2. The fraction of sp³-hybridized carbons (Fsp3) is 0.297. The summed E-state index contributed by atoms with van der Waals surface area (Å²) in [5.41, 5.74) is 3.93. The monoisotopic (exact) mass is 641 g/mol. The molecule has 0 aliphatic carbocycles. The number of hydrogen-bond donors (Lipinski definition) is 1. The first-order valence-electron chi connectivity index (χ1n) is 15.5. The summed E-state index contributed by atoms with van der Waals surface area (Å²) >= 11 is 0. The smallest absolute Gasteiger partial charge is 0.264 e. The molecule has 0 spiro atoms. The lowest BCUT2D eigenvalue weighted by atomic mass is 10.0. The predicted molar refractivity (Wildman–Crippen MR) is 182 cm³/mol. The van der Waals surface area contributed by atoms with Gasteiger partial charge in [-0.15, -0.1) is 0 Å². The standard InChI is InChI=1S/C37H43N3O5S/c1-5-6-24-38-37(42)35(25-30-13-8-7-9-14-30)39(26-31-15-11-10-12-29(31)3)36(41)27-40(32-18-20-33(45-4)21-19-32)46(43,44)34-22-16-28(2)17-23-34/h7-23,35H,5-6,24-27H2,1-4H3,(H,38,42). The Balaban J connectivity index is 1.80. The highest BCUT2D eigenvalue weighted by Crippen LogP contribution is 2.27. The molecular weight excluding hydrogens is 598 g/mol.